The molecule has 10 nitrogen and oxygen atoms in total. The molecule has 1 aromatic rings. The van der Waals surface area contributed by atoms with Crippen LogP contribution < -0.4 is 0 Å². The molecule has 0 saturated heterocycles. The molecule has 0 amide bonds. The van der Waals surface area contributed by atoms with Crippen molar-refractivity contribution in [1.82, 2.24) is 9.97 Å². The minimum absolute atomic E-state index is 0.179. The van der Waals surface area contributed by atoms with Crippen LogP contribution in [0.4, 0.5) is 0 Å². The van der Waals surface area contributed by atoms with E-state index >= 15 is 0 Å². The van der Waals surface area contributed by atoms with E-state index in [1.165, 1.54) is 0 Å². The lowest BCUT2D eigenvalue weighted by Crippen LogP contribution is -2.22. The molecule has 0 aliphatic heterocycles. The lowest BCUT2D eigenvalue weighted by molar-refractivity contribution is -0.146. The van der Waals surface area contributed by atoms with Crippen molar-refractivity contribution in [3.05, 3.63) is 17.2 Å². The number of carboxylic acids is 4. The zero-order chi connectivity index (χ0) is 18.4. The number of aromatic amines is 1. The number of hydrogen-bond acceptors (Lipinski definition) is 5. The molecule has 10 heteroatoms. The van der Waals surface area contributed by atoms with Crippen molar-refractivity contribution in [2.75, 3.05) is 0 Å². The van der Waals surface area contributed by atoms with E-state index < -0.39 is 48.6 Å². The van der Waals surface area contributed by atoms with Gasteiger partial charge in [-0.15, -0.1) is 0 Å². The molecule has 2 unspecified atom stereocenters. The Labute approximate surface area is 136 Å². The van der Waals surface area contributed by atoms with Crippen LogP contribution in [0, 0.1) is 0 Å². The summed E-state index contributed by atoms with van der Waals surface area (Å²) in [6.07, 6.45) is -0.570. The number of aromatic nitrogens is 2. The van der Waals surface area contributed by atoms with E-state index in [1.54, 1.807) is 0 Å². The molecule has 1 rings (SSSR count). The third kappa shape index (κ3) is 4.80. The van der Waals surface area contributed by atoms with Crippen LogP contribution in [-0.2, 0) is 25.6 Å². The topological polar surface area (TPSA) is 178 Å². The number of aryl methyl sites for hydroxylation is 1. The average Bonchev–Trinajstić information content (AvgIpc) is 2.84. The molecule has 0 radical (unpaired) electrons. The molecule has 0 saturated carbocycles. The monoisotopic (exact) mass is 342 g/mol. The van der Waals surface area contributed by atoms with Gasteiger partial charge < -0.3 is 25.4 Å². The van der Waals surface area contributed by atoms with Gasteiger partial charge in [-0.3, -0.25) is 19.2 Å². The summed E-state index contributed by atoms with van der Waals surface area (Å²) < 4.78 is 0. The van der Waals surface area contributed by atoms with Crippen LogP contribution in [0.3, 0.4) is 0 Å². The molecule has 0 fully saturated rings. The van der Waals surface area contributed by atoms with Crippen molar-refractivity contribution in [3.63, 3.8) is 0 Å². The van der Waals surface area contributed by atoms with E-state index in [1.807, 2.05) is 6.92 Å². The first kappa shape index (κ1) is 19.1. The Morgan fingerprint density at radius 3 is 1.88 bits per heavy atom. The Morgan fingerprint density at radius 1 is 0.958 bits per heavy atom. The molecule has 1 aromatic heterocycles. The van der Waals surface area contributed by atoms with Crippen LogP contribution in [0.2, 0.25) is 0 Å². The van der Waals surface area contributed by atoms with Crippen molar-refractivity contribution < 1.29 is 39.6 Å². The van der Waals surface area contributed by atoms with Gasteiger partial charge in [0.25, 0.3) is 0 Å². The molecule has 0 aromatic carbocycles. The zero-order valence-corrected chi connectivity index (χ0v) is 12.9. The Morgan fingerprint density at radius 2 is 1.46 bits per heavy atom. The number of rotatable bonds is 10. The van der Waals surface area contributed by atoms with E-state index in [-0.39, 0.29) is 17.2 Å². The molecular formula is C14H18N2O8. The normalized spacial score (nSPS) is 13.2. The minimum Gasteiger partial charge on any atom is -0.481 e. The molecule has 0 aliphatic carbocycles. The van der Waals surface area contributed by atoms with Crippen LogP contribution in [0.25, 0.3) is 0 Å². The van der Waals surface area contributed by atoms with Crippen LogP contribution in [0.5, 0.6) is 0 Å². The summed E-state index contributed by atoms with van der Waals surface area (Å²) in [5.74, 6) is -8.56. The fourth-order valence-electron chi connectivity index (χ4n) is 2.30. The minimum atomic E-state index is -1.57. The number of carbonyl (C=O) groups is 4. The first-order chi connectivity index (χ1) is 11.2. The number of nitrogens with one attached hydrogen (secondary N) is 1. The second-order valence-corrected chi connectivity index (χ2v) is 5.21. The van der Waals surface area contributed by atoms with Crippen molar-refractivity contribution in [3.8, 4) is 0 Å². The highest BCUT2D eigenvalue weighted by molar-refractivity contribution is 5.85. The zero-order valence-electron chi connectivity index (χ0n) is 12.9. The molecular weight excluding hydrogens is 324 g/mol. The van der Waals surface area contributed by atoms with E-state index in [0.717, 1.165) is 0 Å². The van der Waals surface area contributed by atoms with E-state index in [9.17, 15) is 29.4 Å². The maximum atomic E-state index is 11.4. The summed E-state index contributed by atoms with van der Waals surface area (Å²) in [4.78, 5) is 51.3. The summed E-state index contributed by atoms with van der Waals surface area (Å²) in [6, 6.07) is 0. The maximum absolute atomic E-state index is 11.4. The van der Waals surface area contributed by atoms with Crippen molar-refractivity contribution in [1.29, 1.82) is 0 Å². The van der Waals surface area contributed by atoms with E-state index in [2.05, 4.69) is 9.97 Å². The van der Waals surface area contributed by atoms with Gasteiger partial charge in [-0.05, 0) is 6.42 Å². The number of carboxylic acid groups (broad SMARTS) is 4. The molecule has 0 bridgehead atoms. The van der Waals surface area contributed by atoms with Crippen LogP contribution >= 0.6 is 0 Å². The fourth-order valence-corrected chi connectivity index (χ4v) is 2.30. The van der Waals surface area contributed by atoms with Gasteiger partial charge in [0.1, 0.15) is 17.7 Å². The highest BCUT2D eigenvalue weighted by atomic mass is 16.4. The van der Waals surface area contributed by atoms with Crippen LogP contribution in [-0.4, -0.2) is 54.3 Å². The summed E-state index contributed by atoms with van der Waals surface area (Å²) >= 11 is 0. The first-order valence-electron chi connectivity index (χ1n) is 7.15. The van der Waals surface area contributed by atoms with Gasteiger partial charge in [0, 0.05) is 6.42 Å². The summed E-state index contributed by atoms with van der Waals surface area (Å²) in [5, 5.41) is 36.3. The van der Waals surface area contributed by atoms with E-state index in [0.29, 0.717) is 12.8 Å². The standard InChI is InChI=1S/C14H18N2O8/c1-2-3-8-15-11(6(13(21)22)4-9(17)18)12(16-8)7(14(23)24)5-10(19)20/h6-7H,2-5H2,1H3,(H,15,16)(H,17,18)(H,19,20)(H,21,22)(H,23,24). The number of H-pyrrole nitrogens is 1. The molecule has 24 heavy (non-hydrogen) atoms. The van der Waals surface area contributed by atoms with Gasteiger partial charge >= 0.3 is 23.9 Å². The predicted molar refractivity (Wildman–Crippen MR) is 77.8 cm³/mol. The first-order valence-corrected chi connectivity index (χ1v) is 7.15. The van der Waals surface area contributed by atoms with Gasteiger partial charge in [0.15, 0.2) is 0 Å². The van der Waals surface area contributed by atoms with Crippen molar-refractivity contribution in [2.45, 2.75) is 44.4 Å². The average molecular weight is 342 g/mol. The molecule has 132 valence electrons. The Kier molecular flexibility index (Phi) is 6.45. The fraction of sp³-hybridized carbons (Fsp3) is 0.500. The number of aliphatic carboxylic acids is 4. The van der Waals surface area contributed by atoms with Gasteiger partial charge in [0.05, 0.1) is 24.2 Å². The third-order valence-corrected chi connectivity index (χ3v) is 3.33. The highest BCUT2D eigenvalue weighted by Crippen LogP contribution is 2.30. The van der Waals surface area contributed by atoms with E-state index in [4.69, 9.17) is 10.2 Å². The Bertz CT molecular complexity index is 600. The smallest absolute Gasteiger partial charge is 0.313 e. The Hall–Kier alpha value is -2.91. The lowest BCUT2D eigenvalue weighted by Gasteiger charge is -2.14. The van der Waals surface area contributed by atoms with Gasteiger partial charge in [-0.25, -0.2) is 4.98 Å². The number of nitrogens with zero attached hydrogens (tertiary/aromatic N) is 1. The lowest BCUT2D eigenvalue weighted by atomic mass is 9.92. The summed E-state index contributed by atoms with van der Waals surface area (Å²) in [5.41, 5.74) is -0.427. The van der Waals surface area contributed by atoms with Crippen LogP contribution in [0.1, 0.15) is 55.2 Å². The molecule has 1 heterocycles. The number of hydrogen-bond donors (Lipinski definition) is 5. The highest BCUT2D eigenvalue weighted by Gasteiger charge is 2.35. The molecule has 0 spiro atoms. The van der Waals surface area contributed by atoms with Gasteiger partial charge in [0.2, 0.25) is 0 Å². The third-order valence-electron chi connectivity index (χ3n) is 3.33. The molecule has 2 atom stereocenters. The number of imidazole rings is 1. The summed E-state index contributed by atoms with van der Waals surface area (Å²) in [6.45, 7) is 1.82. The quantitative estimate of drug-likeness (QED) is 0.408. The molecule has 5 N–H and O–H groups in total. The van der Waals surface area contributed by atoms with Gasteiger partial charge in [-0.2, -0.15) is 0 Å². The Balaban J connectivity index is 3.44. The predicted octanol–water partition coefficient (Wildman–Crippen LogP) is 0.648. The van der Waals surface area contributed by atoms with Crippen molar-refractivity contribution in [2.24, 2.45) is 0 Å². The summed E-state index contributed by atoms with van der Waals surface area (Å²) in [7, 11) is 0. The largest absolute Gasteiger partial charge is 0.481 e. The van der Waals surface area contributed by atoms with Crippen LogP contribution in [0.15, 0.2) is 0 Å². The second-order valence-electron chi connectivity index (χ2n) is 5.21. The second kappa shape index (κ2) is 8.09. The van der Waals surface area contributed by atoms with Crippen molar-refractivity contribution >= 4 is 23.9 Å². The SMILES string of the molecule is CCCc1nc(C(CC(=O)O)C(=O)O)c(C(CC(=O)O)C(=O)O)[nH]1. The van der Waals surface area contributed by atoms with Gasteiger partial charge in [-0.1, -0.05) is 6.92 Å². The maximum Gasteiger partial charge on any atom is 0.313 e. The molecule has 0 aliphatic rings.